The zero-order valence-corrected chi connectivity index (χ0v) is 11.0. The van der Waals surface area contributed by atoms with Gasteiger partial charge in [0.25, 0.3) is 0 Å². The molecule has 18 heavy (non-hydrogen) atoms. The van der Waals surface area contributed by atoms with Crippen LogP contribution in [0.2, 0.25) is 0 Å². The van der Waals surface area contributed by atoms with Crippen LogP contribution >= 0.6 is 0 Å². The Morgan fingerprint density at radius 2 is 1.94 bits per heavy atom. The van der Waals surface area contributed by atoms with Crippen LogP contribution in [0.4, 0.5) is 4.39 Å². The van der Waals surface area contributed by atoms with Gasteiger partial charge >= 0.3 is 0 Å². The molecule has 1 saturated carbocycles. The molecule has 0 N–H and O–H groups in total. The minimum absolute atomic E-state index is 0.325. The summed E-state index contributed by atoms with van der Waals surface area (Å²) >= 11 is 0. The third-order valence-electron chi connectivity index (χ3n) is 3.48. The van der Waals surface area contributed by atoms with E-state index in [0.717, 1.165) is 12.3 Å². The monoisotopic (exact) mass is 249 g/mol. The molecule has 1 fully saturated rings. The van der Waals surface area contributed by atoms with Crippen molar-refractivity contribution < 1.29 is 9.13 Å². The van der Waals surface area contributed by atoms with Gasteiger partial charge in [0.1, 0.15) is 0 Å². The van der Waals surface area contributed by atoms with E-state index in [0.29, 0.717) is 12.4 Å². The van der Waals surface area contributed by atoms with Gasteiger partial charge in [0.15, 0.2) is 11.6 Å². The highest BCUT2D eigenvalue weighted by Gasteiger charge is 2.19. The van der Waals surface area contributed by atoms with Gasteiger partial charge in [-0.25, -0.2) is 4.39 Å². The van der Waals surface area contributed by atoms with Gasteiger partial charge in [0.2, 0.25) is 0 Å². The van der Waals surface area contributed by atoms with Crippen molar-refractivity contribution in [3.05, 3.63) is 30.1 Å². The molecule has 0 heterocycles. The van der Waals surface area contributed by atoms with Crippen molar-refractivity contribution in [1.82, 2.24) is 0 Å². The van der Waals surface area contributed by atoms with Crippen molar-refractivity contribution in [2.75, 3.05) is 6.61 Å². The van der Waals surface area contributed by atoms with E-state index < -0.39 is 0 Å². The smallest absolute Gasteiger partial charge is 0.172 e. The Labute approximate surface area is 109 Å². The van der Waals surface area contributed by atoms with Crippen LogP contribution in [0.1, 0.15) is 51.4 Å². The third-order valence-corrected chi connectivity index (χ3v) is 3.48. The van der Waals surface area contributed by atoms with E-state index in [1.54, 1.807) is 18.2 Å². The molecule has 0 unspecified atom stereocenters. The lowest BCUT2D eigenvalue weighted by atomic mass is 10.1. The van der Waals surface area contributed by atoms with Crippen LogP contribution in [-0.4, -0.2) is 6.61 Å². The maximum Gasteiger partial charge on any atom is 0.172 e. The second-order valence-corrected chi connectivity index (χ2v) is 5.20. The Bertz CT molecular complexity index is 347. The van der Waals surface area contributed by atoms with Gasteiger partial charge in [-0.3, -0.25) is 0 Å². The second-order valence-electron chi connectivity index (χ2n) is 5.20. The van der Waals surface area contributed by atoms with Gasteiger partial charge in [-0.1, -0.05) is 57.1 Å². The molecule has 2 heteroatoms. The summed E-state index contributed by atoms with van der Waals surface area (Å²) in [6.07, 6.45) is 10.6. The molecule has 0 spiro atoms. The van der Waals surface area contributed by atoms with E-state index in [9.17, 15) is 4.39 Å². The molecule has 1 aromatic rings. The van der Waals surface area contributed by atoms with Gasteiger partial charge in [0.05, 0.1) is 6.61 Å². The summed E-state index contributed by atoms with van der Waals surface area (Å²) in [5.41, 5.74) is 0. The van der Waals surface area contributed by atoms with Gasteiger partial charge < -0.3 is 4.74 Å². The minimum Gasteiger partial charge on any atom is -0.490 e. The molecule has 1 radical (unpaired) electrons. The molecular weight excluding hydrogens is 227 g/mol. The molecule has 1 nitrogen and oxygen atoms in total. The summed E-state index contributed by atoms with van der Waals surface area (Å²) in [7, 11) is 0. The third kappa shape index (κ3) is 5.07. The first-order valence-electron chi connectivity index (χ1n) is 7.15. The van der Waals surface area contributed by atoms with Crippen molar-refractivity contribution in [3.8, 4) is 5.75 Å². The SMILES string of the molecule is Fc1[c]cccc1OCCCCCCCC1CC1. The number of rotatable bonds is 9. The lowest BCUT2D eigenvalue weighted by Crippen LogP contribution is -1.99. The van der Waals surface area contributed by atoms with Crippen molar-refractivity contribution >= 4 is 0 Å². The van der Waals surface area contributed by atoms with E-state index in [1.807, 2.05) is 0 Å². The van der Waals surface area contributed by atoms with Crippen LogP contribution < -0.4 is 4.74 Å². The molecule has 99 valence electrons. The van der Waals surface area contributed by atoms with E-state index in [4.69, 9.17) is 4.74 Å². The first-order valence-corrected chi connectivity index (χ1v) is 7.15. The molecule has 1 aliphatic carbocycles. The summed E-state index contributed by atoms with van der Waals surface area (Å²) in [6.45, 7) is 0.609. The number of hydrogen-bond acceptors (Lipinski definition) is 1. The maximum atomic E-state index is 13.2. The van der Waals surface area contributed by atoms with Gasteiger partial charge in [0, 0.05) is 6.07 Å². The summed E-state index contributed by atoms with van der Waals surface area (Å²) in [4.78, 5) is 0. The van der Waals surface area contributed by atoms with Crippen LogP contribution in [-0.2, 0) is 0 Å². The van der Waals surface area contributed by atoms with Crippen LogP contribution in [0.3, 0.4) is 0 Å². The Balaban J connectivity index is 1.44. The summed E-state index contributed by atoms with van der Waals surface area (Å²) in [5.74, 6) is 0.999. The second kappa shape index (κ2) is 7.40. The van der Waals surface area contributed by atoms with Gasteiger partial charge in [-0.15, -0.1) is 0 Å². The molecule has 1 aliphatic rings. The molecule has 0 aromatic heterocycles. The largest absolute Gasteiger partial charge is 0.490 e. The zero-order valence-electron chi connectivity index (χ0n) is 11.0. The number of halogens is 1. The number of hydrogen-bond donors (Lipinski definition) is 0. The number of benzene rings is 1. The predicted molar refractivity (Wildman–Crippen MR) is 71.2 cm³/mol. The predicted octanol–water partition coefficient (Wildman–Crippen LogP) is 4.76. The topological polar surface area (TPSA) is 9.23 Å². The maximum absolute atomic E-state index is 13.2. The van der Waals surface area contributed by atoms with E-state index in [-0.39, 0.29) is 5.82 Å². The molecule has 0 aliphatic heterocycles. The van der Waals surface area contributed by atoms with Crippen LogP contribution in [0, 0.1) is 17.8 Å². The average molecular weight is 249 g/mol. The van der Waals surface area contributed by atoms with Crippen LogP contribution in [0.15, 0.2) is 18.2 Å². The average Bonchev–Trinajstić information content (AvgIpc) is 3.19. The Morgan fingerprint density at radius 1 is 1.17 bits per heavy atom. The summed E-state index contributed by atoms with van der Waals surface area (Å²) in [5, 5.41) is 0. The van der Waals surface area contributed by atoms with E-state index in [2.05, 4.69) is 6.07 Å². The number of ether oxygens (including phenoxy) is 1. The lowest BCUT2D eigenvalue weighted by molar-refractivity contribution is 0.289. The Hall–Kier alpha value is -1.05. The molecule has 0 saturated heterocycles. The summed E-state index contributed by atoms with van der Waals surface area (Å²) in [6, 6.07) is 7.45. The van der Waals surface area contributed by atoms with Crippen molar-refractivity contribution in [1.29, 1.82) is 0 Å². The lowest BCUT2D eigenvalue weighted by Gasteiger charge is -2.06. The molecule has 1 aromatic carbocycles. The molecular formula is C16H22FO. The highest BCUT2D eigenvalue weighted by molar-refractivity contribution is 5.22. The van der Waals surface area contributed by atoms with Gasteiger partial charge in [-0.05, 0) is 18.4 Å². The fraction of sp³-hybridized carbons (Fsp3) is 0.625. The molecule has 0 atom stereocenters. The normalized spacial score (nSPS) is 14.7. The molecule has 0 amide bonds. The minimum atomic E-state index is -0.387. The Kier molecular flexibility index (Phi) is 5.50. The van der Waals surface area contributed by atoms with Crippen molar-refractivity contribution in [2.24, 2.45) is 5.92 Å². The zero-order chi connectivity index (χ0) is 12.6. The van der Waals surface area contributed by atoms with E-state index >= 15 is 0 Å². The molecule has 0 bridgehead atoms. The quantitative estimate of drug-likeness (QED) is 0.573. The summed E-state index contributed by atoms with van der Waals surface area (Å²) < 4.78 is 18.6. The molecule has 2 rings (SSSR count). The van der Waals surface area contributed by atoms with Crippen LogP contribution in [0.5, 0.6) is 5.75 Å². The first-order chi connectivity index (χ1) is 8.86. The van der Waals surface area contributed by atoms with Crippen molar-refractivity contribution in [2.45, 2.75) is 51.4 Å². The van der Waals surface area contributed by atoms with E-state index in [1.165, 1.54) is 44.9 Å². The van der Waals surface area contributed by atoms with Crippen LogP contribution in [0.25, 0.3) is 0 Å². The van der Waals surface area contributed by atoms with Crippen molar-refractivity contribution in [3.63, 3.8) is 0 Å². The Morgan fingerprint density at radius 3 is 2.72 bits per heavy atom. The highest BCUT2D eigenvalue weighted by Crippen LogP contribution is 2.34. The number of unbranched alkanes of at least 4 members (excludes halogenated alkanes) is 4. The van der Waals surface area contributed by atoms with Gasteiger partial charge in [-0.2, -0.15) is 0 Å². The standard InChI is InChI=1S/C16H22FO/c17-15-9-5-6-10-16(15)18-13-7-3-1-2-4-8-14-11-12-14/h5-6,10,14H,1-4,7-8,11-13H2. The fourth-order valence-corrected chi connectivity index (χ4v) is 2.17. The first kappa shape index (κ1) is 13.4. The fourth-order valence-electron chi connectivity index (χ4n) is 2.17. The highest BCUT2D eigenvalue weighted by atomic mass is 19.1.